The van der Waals surface area contributed by atoms with Crippen LogP contribution in [0, 0.1) is 5.92 Å². The van der Waals surface area contributed by atoms with Gasteiger partial charge < -0.3 is 9.47 Å². The lowest BCUT2D eigenvalue weighted by atomic mass is 10.2. The Morgan fingerprint density at radius 2 is 2.10 bits per heavy atom. The van der Waals surface area contributed by atoms with Gasteiger partial charge in [0.2, 0.25) is 0 Å². The summed E-state index contributed by atoms with van der Waals surface area (Å²) in [5.41, 5.74) is 0.109. The molecule has 1 aromatic rings. The third kappa shape index (κ3) is 3.65. The first-order valence-corrected chi connectivity index (χ1v) is 8.92. The quantitative estimate of drug-likeness (QED) is 0.577. The van der Waals surface area contributed by atoms with E-state index in [-0.39, 0.29) is 16.2 Å². The average Bonchev–Trinajstić information content (AvgIpc) is 3.17. The summed E-state index contributed by atoms with van der Waals surface area (Å²) in [4.78, 5) is 11.6. The molecule has 0 amide bonds. The van der Waals surface area contributed by atoms with Crippen molar-refractivity contribution >= 4 is 41.6 Å². The Kier molecular flexibility index (Phi) is 4.61. The maximum absolute atomic E-state index is 11.9. The first-order valence-electron chi connectivity index (χ1n) is 5.82. The third-order valence-electron chi connectivity index (χ3n) is 2.86. The van der Waals surface area contributed by atoms with Gasteiger partial charge >= 0.3 is 5.97 Å². The maximum atomic E-state index is 11.9. The zero-order valence-electron chi connectivity index (χ0n) is 10.6. The summed E-state index contributed by atoms with van der Waals surface area (Å²) in [6, 6.07) is 2.60. The standard InChI is InChI=1S/C12H12BrClO5S/c1-18-11-9(13)4-8(5-10(11)20(14,16)17)12(15)19-6-7-2-3-7/h4-5,7H,2-3,6H2,1H3. The molecule has 1 saturated carbocycles. The second-order valence-electron chi connectivity index (χ2n) is 4.47. The minimum Gasteiger partial charge on any atom is -0.494 e. The zero-order valence-corrected chi connectivity index (χ0v) is 13.7. The Bertz CT molecular complexity index is 639. The van der Waals surface area contributed by atoms with E-state index >= 15 is 0 Å². The highest BCUT2D eigenvalue weighted by atomic mass is 79.9. The van der Waals surface area contributed by atoms with Crippen LogP contribution in [0.25, 0.3) is 0 Å². The molecular weight excluding hydrogens is 372 g/mol. The number of carbonyl (C=O) groups is 1. The Morgan fingerprint density at radius 3 is 2.60 bits per heavy atom. The largest absolute Gasteiger partial charge is 0.494 e. The summed E-state index contributed by atoms with van der Waals surface area (Å²) in [6.07, 6.45) is 2.11. The molecule has 110 valence electrons. The number of halogens is 2. The minimum absolute atomic E-state index is 0.0544. The first kappa shape index (κ1) is 15.6. The second-order valence-corrected chi connectivity index (χ2v) is 7.86. The molecule has 0 heterocycles. The van der Waals surface area contributed by atoms with Gasteiger partial charge in [-0.2, -0.15) is 0 Å². The van der Waals surface area contributed by atoms with Crippen molar-refractivity contribution < 1.29 is 22.7 Å². The van der Waals surface area contributed by atoms with Crippen LogP contribution in [0.3, 0.4) is 0 Å². The van der Waals surface area contributed by atoms with Crippen LogP contribution < -0.4 is 4.74 Å². The summed E-state index contributed by atoms with van der Waals surface area (Å²) in [6.45, 7) is 0.353. The van der Waals surface area contributed by atoms with E-state index in [1.165, 1.54) is 13.2 Å². The highest BCUT2D eigenvalue weighted by molar-refractivity contribution is 9.10. The fraction of sp³-hybridized carbons (Fsp3) is 0.417. The van der Waals surface area contributed by atoms with Crippen molar-refractivity contribution in [3.05, 3.63) is 22.2 Å². The predicted octanol–water partition coefficient (Wildman–Crippen LogP) is 2.95. The topological polar surface area (TPSA) is 69.7 Å². The lowest BCUT2D eigenvalue weighted by Crippen LogP contribution is -2.09. The Morgan fingerprint density at radius 1 is 1.45 bits per heavy atom. The van der Waals surface area contributed by atoms with E-state index in [2.05, 4.69) is 15.9 Å². The second kappa shape index (κ2) is 5.91. The maximum Gasteiger partial charge on any atom is 0.338 e. The molecule has 0 spiro atoms. The van der Waals surface area contributed by atoms with Gasteiger partial charge in [0.1, 0.15) is 4.90 Å². The van der Waals surface area contributed by atoms with Crippen LogP contribution in [0.1, 0.15) is 23.2 Å². The molecule has 0 unspecified atom stereocenters. The molecule has 0 saturated heterocycles. The number of hydrogen-bond donors (Lipinski definition) is 0. The molecule has 0 N–H and O–H groups in total. The lowest BCUT2D eigenvalue weighted by molar-refractivity contribution is 0.0485. The summed E-state index contributed by atoms with van der Waals surface area (Å²) >= 11 is 3.16. The van der Waals surface area contributed by atoms with Crippen LogP contribution in [0.4, 0.5) is 0 Å². The number of ether oxygens (including phenoxy) is 2. The molecule has 1 aromatic carbocycles. The van der Waals surface area contributed by atoms with Gasteiger partial charge in [0.25, 0.3) is 9.05 Å². The van der Waals surface area contributed by atoms with Gasteiger partial charge in [0.15, 0.2) is 5.75 Å². The van der Waals surface area contributed by atoms with E-state index in [0.717, 1.165) is 18.9 Å². The zero-order chi connectivity index (χ0) is 14.9. The molecule has 0 atom stereocenters. The summed E-state index contributed by atoms with van der Waals surface area (Å²) < 4.78 is 33.5. The van der Waals surface area contributed by atoms with Crippen LogP contribution in [-0.2, 0) is 13.8 Å². The molecule has 1 aliphatic carbocycles. The van der Waals surface area contributed by atoms with E-state index in [4.69, 9.17) is 20.2 Å². The first-order chi connectivity index (χ1) is 9.32. The van der Waals surface area contributed by atoms with Crippen LogP contribution in [-0.4, -0.2) is 28.1 Å². The molecule has 1 aliphatic rings. The fourth-order valence-electron chi connectivity index (χ4n) is 1.63. The Hall–Kier alpha value is -0.790. The minimum atomic E-state index is -4.03. The number of rotatable bonds is 5. The van der Waals surface area contributed by atoms with Crippen molar-refractivity contribution in [3.63, 3.8) is 0 Å². The molecule has 0 radical (unpaired) electrons. The molecule has 20 heavy (non-hydrogen) atoms. The lowest BCUT2D eigenvalue weighted by Gasteiger charge is -2.10. The normalized spacial score (nSPS) is 14.9. The van der Waals surface area contributed by atoms with Crippen molar-refractivity contribution in [2.45, 2.75) is 17.7 Å². The van der Waals surface area contributed by atoms with Crippen LogP contribution in [0.2, 0.25) is 0 Å². The SMILES string of the molecule is COc1c(Br)cc(C(=O)OCC2CC2)cc1S(=O)(=O)Cl. The molecular formula is C12H12BrClO5S. The summed E-state index contributed by atoms with van der Waals surface area (Å²) in [7, 11) is 2.63. The number of benzene rings is 1. The molecule has 5 nitrogen and oxygen atoms in total. The van der Waals surface area contributed by atoms with E-state index < -0.39 is 15.0 Å². The van der Waals surface area contributed by atoms with E-state index in [0.29, 0.717) is 17.0 Å². The van der Waals surface area contributed by atoms with Gasteiger partial charge in [-0.05, 0) is 46.8 Å². The van der Waals surface area contributed by atoms with Gasteiger partial charge in [-0.15, -0.1) is 0 Å². The van der Waals surface area contributed by atoms with Crippen LogP contribution in [0.5, 0.6) is 5.75 Å². The van der Waals surface area contributed by atoms with Gasteiger partial charge in [0, 0.05) is 10.7 Å². The molecule has 8 heteroatoms. The van der Waals surface area contributed by atoms with Gasteiger partial charge in [-0.25, -0.2) is 13.2 Å². The van der Waals surface area contributed by atoms with E-state index in [9.17, 15) is 13.2 Å². The van der Waals surface area contributed by atoms with Crippen molar-refractivity contribution in [1.82, 2.24) is 0 Å². The van der Waals surface area contributed by atoms with Gasteiger partial charge in [0.05, 0.1) is 23.8 Å². The van der Waals surface area contributed by atoms with Gasteiger partial charge in [-0.1, -0.05) is 0 Å². The number of carbonyl (C=O) groups excluding carboxylic acids is 1. The highest BCUT2D eigenvalue weighted by Crippen LogP contribution is 2.36. The molecule has 0 bridgehead atoms. The van der Waals surface area contributed by atoms with Gasteiger partial charge in [-0.3, -0.25) is 0 Å². The molecule has 0 aliphatic heterocycles. The molecule has 2 rings (SSSR count). The third-order valence-corrected chi connectivity index (χ3v) is 4.78. The monoisotopic (exact) mass is 382 g/mol. The summed E-state index contributed by atoms with van der Waals surface area (Å²) in [5, 5.41) is 0. The molecule has 0 aromatic heterocycles. The van der Waals surface area contributed by atoms with Crippen molar-refractivity contribution in [2.24, 2.45) is 5.92 Å². The van der Waals surface area contributed by atoms with E-state index in [1.54, 1.807) is 0 Å². The van der Waals surface area contributed by atoms with E-state index in [1.807, 2.05) is 0 Å². The van der Waals surface area contributed by atoms with Crippen molar-refractivity contribution in [1.29, 1.82) is 0 Å². The van der Waals surface area contributed by atoms with Crippen LogP contribution in [0.15, 0.2) is 21.5 Å². The van der Waals surface area contributed by atoms with Crippen molar-refractivity contribution in [2.75, 3.05) is 13.7 Å². The fourth-order valence-corrected chi connectivity index (χ4v) is 3.41. The predicted molar refractivity (Wildman–Crippen MR) is 76.7 cm³/mol. The van der Waals surface area contributed by atoms with Crippen LogP contribution >= 0.6 is 26.6 Å². The average molecular weight is 384 g/mol. The summed E-state index contributed by atoms with van der Waals surface area (Å²) in [5.74, 6) is -0.0996. The Balaban J connectivity index is 2.34. The number of hydrogen-bond acceptors (Lipinski definition) is 5. The Labute approximate surface area is 129 Å². The number of esters is 1. The smallest absolute Gasteiger partial charge is 0.338 e. The highest BCUT2D eigenvalue weighted by Gasteiger charge is 2.26. The number of methoxy groups -OCH3 is 1. The van der Waals surface area contributed by atoms with Crippen molar-refractivity contribution in [3.8, 4) is 5.75 Å². The molecule has 1 fully saturated rings.